The molecular weight excluding hydrogens is 330 g/mol. The Balaban J connectivity index is 1.40. The van der Waals surface area contributed by atoms with Crippen LogP contribution in [0.25, 0.3) is 0 Å². The second kappa shape index (κ2) is 7.09. The molecule has 1 fully saturated rings. The summed E-state index contributed by atoms with van der Waals surface area (Å²) in [6.45, 7) is 3.33. The van der Waals surface area contributed by atoms with Gasteiger partial charge in [0.05, 0.1) is 13.2 Å². The monoisotopic (exact) mass is 353 g/mol. The molecule has 0 radical (unpaired) electrons. The van der Waals surface area contributed by atoms with Gasteiger partial charge in [0.25, 0.3) is 0 Å². The fourth-order valence-corrected chi connectivity index (χ4v) is 4.06. The molecular formula is C21H23NO4. The molecule has 0 unspecified atom stereocenters. The van der Waals surface area contributed by atoms with Gasteiger partial charge in [0.2, 0.25) is 0 Å². The molecule has 0 spiro atoms. The summed E-state index contributed by atoms with van der Waals surface area (Å²) in [4.78, 5) is 14.3. The third-order valence-electron chi connectivity index (χ3n) is 5.48. The van der Waals surface area contributed by atoms with Crippen LogP contribution in [0.4, 0.5) is 0 Å². The Bertz CT molecular complexity index is 779. The molecule has 0 amide bonds. The summed E-state index contributed by atoms with van der Waals surface area (Å²) < 4.78 is 11.6. The second-order valence-corrected chi connectivity index (χ2v) is 7.11. The molecule has 1 saturated heterocycles. The molecule has 5 heteroatoms. The highest BCUT2D eigenvalue weighted by Crippen LogP contribution is 2.49. The minimum Gasteiger partial charge on any atom is -0.492 e. The standard InChI is InChI=1S/C21H23NO4/c23-20(24)21-14-22(10-11-25-13-16-6-2-1-3-7-16)12-18(21)17-8-4-5-9-19(17)26-15-21/h1-9,18H,10-15H2,(H,23,24)/t18-,21-/m0/s1. The van der Waals surface area contributed by atoms with Crippen molar-refractivity contribution in [2.24, 2.45) is 5.41 Å². The van der Waals surface area contributed by atoms with E-state index in [-0.39, 0.29) is 12.5 Å². The SMILES string of the molecule is O=C(O)[C@@]12COc3ccccc3[C@@H]1CN(CCOCc1ccccc1)C2. The van der Waals surface area contributed by atoms with Crippen LogP contribution in [0.15, 0.2) is 54.6 Å². The Hall–Kier alpha value is -2.37. The minimum absolute atomic E-state index is 0.0425. The first-order valence-corrected chi connectivity index (χ1v) is 8.98. The molecule has 4 rings (SSSR count). The Labute approximate surface area is 153 Å². The smallest absolute Gasteiger partial charge is 0.315 e. The normalized spacial score (nSPS) is 24.5. The zero-order chi connectivity index (χ0) is 18.0. The molecule has 2 aliphatic rings. The van der Waals surface area contributed by atoms with E-state index in [2.05, 4.69) is 4.90 Å². The highest BCUT2D eigenvalue weighted by Gasteiger charge is 2.56. The summed E-state index contributed by atoms with van der Waals surface area (Å²) in [6.07, 6.45) is 0. The van der Waals surface area contributed by atoms with E-state index in [0.717, 1.165) is 30.0 Å². The van der Waals surface area contributed by atoms with Crippen LogP contribution in [0, 0.1) is 5.41 Å². The van der Waals surface area contributed by atoms with Gasteiger partial charge < -0.3 is 14.6 Å². The summed E-state index contributed by atoms with van der Waals surface area (Å²) in [5.41, 5.74) is 1.29. The highest BCUT2D eigenvalue weighted by atomic mass is 16.5. The number of ether oxygens (including phenoxy) is 2. The van der Waals surface area contributed by atoms with E-state index in [1.54, 1.807) is 0 Å². The summed E-state index contributed by atoms with van der Waals surface area (Å²) in [5, 5.41) is 9.92. The molecule has 0 aliphatic carbocycles. The van der Waals surface area contributed by atoms with Gasteiger partial charge in [0, 0.05) is 25.6 Å². The largest absolute Gasteiger partial charge is 0.492 e. The molecule has 136 valence electrons. The van der Waals surface area contributed by atoms with Crippen molar-refractivity contribution >= 4 is 5.97 Å². The van der Waals surface area contributed by atoms with E-state index in [9.17, 15) is 9.90 Å². The molecule has 5 nitrogen and oxygen atoms in total. The molecule has 26 heavy (non-hydrogen) atoms. The molecule has 2 aliphatic heterocycles. The number of aliphatic carboxylic acids is 1. The fourth-order valence-electron chi connectivity index (χ4n) is 4.06. The van der Waals surface area contributed by atoms with Crippen LogP contribution >= 0.6 is 0 Å². The van der Waals surface area contributed by atoms with Gasteiger partial charge in [-0.2, -0.15) is 0 Å². The zero-order valence-corrected chi connectivity index (χ0v) is 14.6. The maximum Gasteiger partial charge on any atom is 0.315 e. The van der Waals surface area contributed by atoms with E-state index in [4.69, 9.17) is 9.47 Å². The molecule has 2 aromatic carbocycles. The van der Waals surface area contributed by atoms with Gasteiger partial charge in [0.15, 0.2) is 0 Å². The number of likely N-dealkylation sites (tertiary alicyclic amines) is 1. The lowest BCUT2D eigenvalue weighted by atomic mass is 9.73. The van der Waals surface area contributed by atoms with Crippen LogP contribution in [0.2, 0.25) is 0 Å². The topological polar surface area (TPSA) is 59.0 Å². The van der Waals surface area contributed by atoms with E-state index in [1.165, 1.54) is 0 Å². The van der Waals surface area contributed by atoms with Crippen molar-refractivity contribution in [3.63, 3.8) is 0 Å². The van der Waals surface area contributed by atoms with Crippen molar-refractivity contribution in [1.82, 2.24) is 4.90 Å². The lowest BCUT2D eigenvalue weighted by Crippen LogP contribution is -2.45. The molecule has 2 aromatic rings. The van der Waals surface area contributed by atoms with Gasteiger partial charge in [-0.15, -0.1) is 0 Å². The molecule has 1 N–H and O–H groups in total. The third-order valence-corrected chi connectivity index (χ3v) is 5.48. The first-order chi connectivity index (χ1) is 12.7. The van der Waals surface area contributed by atoms with Crippen LogP contribution < -0.4 is 4.74 Å². The predicted molar refractivity (Wildman–Crippen MR) is 97.3 cm³/mol. The Morgan fingerprint density at radius 2 is 1.96 bits per heavy atom. The highest BCUT2D eigenvalue weighted by molar-refractivity contribution is 5.78. The van der Waals surface area contributed by atoms with Crippen LogP contribution in [-0.2, 0) is 16.1 Å². The molecule has 0 bridgehead atoms. The number of nitrogens with zero attached hydrogens (tertiary/aromatic N) is 1. The van der Waals surface area contributed by atoms with Gasteiger partial charge in [-0.25, -0.2) is 0 Å². The maximum absolute atomic E-state index is 12.1. The summed E-state index contributed by atoms with van der Waals surface area (Å²) in [7, 11) is 0. The molecule has 0 aromatic heterocycles. The van der Waals surface area contributed by atoms with Crippen LogP contribution in [0.1, 0.15) is 17.0 Å². The van der Waals surface area contributed by atoms with Crippen molar-refractivity contribution in [2.45, 2.75) is 12.5 Å². The first-order valence-electron chi connectivity index (χ1n) is 8.98. The lowest BCUT2D eigenvalue weighted by molar-refractivity contribution is -0.151. The fraction of sp³-hybridized carbons (Fsp3) is 0.381. The summed E-state index contributed by atoms with van der Waals surface area (Å²) in [6, 6.07) is 17.9. The van der Waals surface area contributed by atoms with E-state index in [1.807, 2.05) is 54.6 Å². The Morgan fingerprint density at radius 1 is 1.19 bits per heavy atom. The number of carboxylic acid groups (broad SMARTS) is 1. The number of carboxylic acids is 1. The maximum atomic E-state index is 12.1. The number of hydrogen-bond acceptors (Lipinski definition) is 4. The van der Waals surface area contributed by atoms with Crippen molar-refractivity contribution in [3.8, 4) is 5.75 Å². The van der Waals surface area contributed by atoms with E-state index >= 15 is 0 Å². The summed E-state index contributed by atoms with van der Waals surface area (Å²) in [5.74, 6) is 0.000308. The van der Waals surface area contributed by atoms with Crippen LogP contribution in [0.5, 0.6) is 5.75 Å². The van der Waals surface area contributed by atoms with E-state index in [0.29, 0.717) is 19.8 Å². The van der Waals surface area contributed by atoms with Gasteiger partial charge in [-0.1, -0.05) is 48.5 Å². The van der Waals surface area contributed by atoms with Gasteiger partial charge >= 0.3 is 5.97 Å². The van der Waals surface area contributed by atoms with Crippen LogP contribution in [-0.4, -0.2) is 48.8 Å². The summed E-state index contributed by atoms with van der Waals surface area (Å²) >= 11 is 0. The van der Waals surface area contributed by atoms with Crippen molar-refractivity contribution in [3.05, 3.63) is 65.7 Å². The Morgan fingerprint density at radius 3 is 2.77 bits per heavy atom. The molecule has 0 saturated carbocycles. The second-order valence-electron chi connectivity index (χ2n) is 7.11. The number of fused-ring (bicyclic) bond motifs is 3. The van der Waals surface area contributed by atoms with Crippen LogP contribution in [0.3, 0.4) is 0 Å². The first kappa shape index (κ1) is 17.1. The van der Waals surface area contributed by atoms with Crippen molar-refractivity contribution in [2.75, 3.05) is 32.8 Å². The zero-order valence-electron chi connectivity index (χ0n) is 14.6. The minimum atomic E-state index is -0.867. The molecule has 2 atom stereocenters. The lowest BCUT2D eigenvalue weighted by Gasteiger charge is -2.35. The van der Waals surface area contributed by atoms with Crippen molar-refractivity contribution < 1.29 is 19.4 Å². The Kier molecular flexibility index (Phi) is 4.66. The number of benzene rings is 2. The van der Waals surface area contributed by atoms with Gasteiger partial charge in [-0.05, 0) is 17.2 Å². The number of rotatable bonds is 6. The van der Waals surface area contributed by atoms with Crippen molar-refractivity contribution in [1.29, 1.82) is 0 Å². The predicted octanol–water partition coefficient (Wildman–Crippen LogP) is 2.77. The van der Waals surface area contributed by atoms with Gasteiger partial charge in [0.1, 0.15) is 17.8 Å². The molecule has 2 heterocycles. The van der Waals surface area contributed by atoms with E-state index < -0.39 is 11.4 Å². The quantitative estimate of drug-likeness (QED) is 0.809. The van der Waals surface area contributed by atoms with Gasteiger partial charge in [-0.3, -0.25) is 9.69 Å². The third kappa shape index (κ3) is 3.08. The average molecular weight is 353 g/mol. The number of hydrogen-bond donors (Lipinski definition) is 1. The average Bonchev–Trinajstić information content (AvgIpc) is 3.07. The number of carbonyl (C=O) groups is 1. The number of para-hydroxylation sites is 1.